The molecule has 0 saturated carbocycles. The summed E-state index contributed by atoms with van der Waals surface area (Å²) in [5.74, 6) is -0.0169. The number of carboxylic acids is 1. The van der Waals surface area contributed by atoms with Gasteiger partial charge in [0.05, 0.1) is 16.7 Å². The van der Waals surface area contributed by atoms with Gasteiger partial charge in [0.15, 0.2) is 0 Å². The number of rotatable bonds is 9. The maximum atomic E-state index is 10.9. The molecule has 0 unspecified atom stereocenters. The van der Waals surface area contributed by atoms with Gasteiger partial charge in [0, 0.05) is 18.0 Å². The Hall–Kier alpha value is -2.67. The van der Waals surface area contributed by atoms with Crippen molar-refractivity contribution >= 4 is 33.6 Å². The maximum absolute atomic E-state index is 10.9. The Balaban J connectivity index is 1.91. The highest BCUT2D eigenvalue weighted by Crippen LogP contribution is 2.33. The standard InChI is InChI=1S/C20H27N5O2/c1-2-3-10-15-24-18-16(22)12(7-4-5-9-14(21)20(26)27)13-8-6-11-23-17(13)19(18)25-15/h6,8,11,14H,2-5,7,9-10,21-22H2,1H3,(H,24,25)(H,26,27)/t14-/m0/s1. The number of anilines is 1. The molecule has 1 atom stereocenters. The number of aromatic amines is 1. The normalized spacial score (nSPS) is 12.7. The van der Waals surface area contributed by atoms with E-state index in [1.54, 1.807) is 6.20 Å². The van der Waals surface area contributed by atoms with Crippen molar-refractivity contribution in [3.8, 4) is 0 Å². The number of carboxylic acid groups (broad SMARTS) is 1. The van der Waals surface area contributed by atoms with Crippen molar-refractivity contribution in [1.82, 2.24) is 15.0 Å². The predicted octanol–water partition coefficient (Wildman–Crippen LogP) is 3.16. The van der Waals surface area contributed by atoms with E-state index in [0.29, 0.717) is 12.1 Å². The monoisotopic (exact) mass is 369 g/mol. The van der Waals surface area contributed by atoms with E-state index >= 15 is 0 Å². The van der Waals surface area contributed by atoms with Crippen LogP contribution in [0.15, 0.2) is 18.3 Å². The van der Waals surface area contributed by atoms with Crippen LogP contribution in [0, 0.1) is 0 Å². The van der Waals surface area contributed by atoms with Gasteiger partial charge in [-0.1, -0.05) is 25.8 Å². The molecule has 0 aliphatic carbocycles. The highest BCUT2D eigenvalue weighted by Gasteiger charge is 2.17. The lowest BCUT2D eigenvalue weighted by atomic mass is 9.98. The van der Waals surface area contributed by atoms with Crippen LogP contribution in [0.1, 0.15) is 50.4 Å². The van der Waals surface area contributed by atoms with Crippen LogP contribution in [0.25, 0.3) is 21.9 Å². The molecule has 0 radical (unpaired) electrons. The number of pyridine rings is 1. The van der Waals surface area contributed by atoms with Crippen molar-refractivity contribution in [1.29, 1.82) is 0 Å². The second-order valence-electron chi connectivity index (χ2n) is 6.99. The third-order valence-electron chi connectivity index (χ3n) is 4.98. The number of hydrogen-bond acceptors (Lipinski definition) is 5. The molecule has 0 aliphatic heterocycles. The minimum Gasteiger partial charge on any atom is -0.480 e. The molecule has 3 aromatic rings. The number of unbranched alkanes of at least 4 members (excludes halogenated alkanes) is 2. The van der Waals surface area contributed by atoms with Crippen molar-refractivity contribution in [2.45, 2.75) is 57.9 Å². The number of nitrogens with one attached hydrogen (secondary N) is 1. The van der Waals surface area contributed by atoms with E-state index in [1.807, 2.05) is 12.1 Å². The van der Waals surface area contributed by atoms with E-state index in [9.17, 15) is 4.79 Å². The Kier molecular flexibility index (Phi) is 5.91. The fourth-order valence-corrected chi connectivity index (χ4v) is 3.45. The summed E-state index contributed by atoms with van der Waals surface area (Å²) in [6.45, 7) is 2.16. The van der Waals surface area contributed by atoms with Crippen LogP contribution in [0.5, 0.6) is 0 Å². The number of fused-ring (bicyclic) bond motifs is 3. The molecular formula is C20H27N5O2. The number of nitrogen functional groups attached to an aromatic ring is 1. The average Bonchev–Trinajstić information content (AvgIpc) is 3.10. The number of nitrogens with two attached hydrogens (primary N) is 2. The third-order valence-corrected chi connectivity index (χ3v) is 4.98. The van der Waals surface area contributed by atoms with Crippen molar-refractivity contribution in [3.05, 3.63) is 29.7 Å². The largest absolute Gasteiger partial charge is 0.480 e. The quantitative estimate of drug-likeness (QED) is 0.338. The van der Waals surface area contributed by atoms with Crippen molar-refractivity contribution in [3.63, 3.8) is 0 Å². The molecule has 2 heterocycles. The van der Waals surface area contributed by atoms with E-state index < -0.39 is 12.0 Å². The second kappa shape index (κ2) is 8.35. The molecule has 0 amide bonds. The lowest BCUT2D eigenvalue weighted by molar-refractivity contribution is -0.138. The maximum Gasteiger partial charge on any atom is 0.320 e. The third kappa shape index (κ3) is 4.03. The van der Waals surface area contributed by atoms with Gasteiger partial charge < -0.3 is 21.6 Å². The summed E-state index contributed by atoms with van der Waals surface area (Å²) >= 11 is 0. The summed E-state index contributed by atoms with van der Waals surface area (Å²) in [7, 11) is 0. The zero-order valence-corrected chi connectivity index (χ0v) is 15.7. The number of imidazole rings is 1. The highest BCUT2D eigenvalue weighted by atomic mass is 16.4. The molecule has 0 bridgehead atoms. The molecule has 3 rings (SSSR count). The second-order valence-corrected chi connectivity index (χ2v) is 6.99. The molecule has 0 saturated heterocycles. The van der Waals surface area contributed by atoms with Gasteiger partial charge in [-0.05, 0) is 37.3 Å². The molecule has 0 spiro atoms. The zero-order valence-electron chi connectivity index (χ0n) is 15.7. The van der Waals surface area contributed by atoms with Crippen LogP contribution in [0.2, 0.25) is 0 Å². The van der Waals surface area contributed by atoms with Crippen molar-refractivity contribution in [2.75, 3.05) is 5.73 Å². The number of aromatic nitrogens is 3. The predicted molar refractivity (Wildman–Crippen MR) is 108 cm³/mol. The number of carbonyl (C=O) groups is 1. The first-order valence-corrected chi connectivity index (χ1v) is 9.55. The van der Waals surface area contributed by atoms with Crippen LogP contribution >= 0.6 is 0 Å². The summed E-state index contributed by atoms with van der Waals surface area (Å²) in [5.41, 5.74) is 16.4. The van der Waals surface area contributed by atoms with Gasteiger partial charge in [-0.2, -0.15) is 0 Å². The summed E-state index contributed by atoms with van der Waals surface area (Å²) < 4.78 is 0. The summed E-state index contributed by atoms with van der Waals surface area (Å²) in [4.78, 5) is 23.5. The first-order valence-electron chi connectivity index (χ1n) is 9.55. The van der Waals surface area contributed by atoms with Crippen LogP contribution in [0.4, 0.5) is 5.69 Å². The summed E-state index contributed by atoms with van der Waals surface area (Å²) in [6, 6.07) is 3.13. The van der Waals surface area contributed by atoms with Crippen LogP contribution in [-0.4, -0.2) is 32.1 Å². The summed E-state index contributed by atoms with van der Waals surface area (Å²) in [6.07, 6.45) is 7.59. The molecule has 6 N–H and O–H groups in total. The Bertz CT molecular complexity index is 950. The molecule has 144 valence electrons. The fourth-order valence-electron chi connectivity index (χ4n) is 3.45. The van der Waals surface area contributed by atoms with Crippen molar-refractivity contribution in [2.24, 2.45) is 5.73 Å². The van der Waals surface area contributed by atoms with E-state index in [2.05, 4.69) is 16.9 Å². The van der Waals surface area contributed by atoms with E-state index in [4.69, 9.17) is 21.6 Å². The first kappa shape index (κ1) is 19.1. The number of benzene rings is 1. The highest BCUT2D eigenvalue weighted by molar-refractivity contribution is 6.09. The van der Waals surface area contributed by atoms with E-state index in [1.165, 1.54) is 0 Å². The number of aryl methyl sites for hydroxylation is 2. The Labute approximate surface area is 158 Å². The van der Waals surface area contributed by atoms with E-state index in [-0.39, 0.29) is 0 Å². The van der Waals surface area contributed by atoms with Crippen LogP contribution in [-0.2, 0) is 17.6 Å². The van der Waals surface area contributed by atoms with Crippen molar-refractivity contribution < 1.29 is 9.90 Å². The lowest BCUT2D eigenvalue weighted by Crippen LogP contribution is -2.29. The smallest absolute Gasteiger partial charge is 0.320 e. The molecular weight excluding hydrogens is 342 g/mol. The Morgan fingerprint density at radius 1 is 1.26 bits per heavy atom. The lowest BCUT2D eigenvalue weighted by Gasteiger charge is -2.11. The van der Waals surface area contributed by atoms with Gasteiger partial charge in [-0.3, -0.25) is 9.78 Å². The fraction of sp³-hybridized carbons (Fsp3) is 0.450. The molecule has 0 fully saturated rings. The number of hydrogen-bond donors (Lipinski definition) is 4. The molecule has 27 heavy (non-hydrogen) atoms. The zero-order chi connectivity index (χ0) is 19.4. The molecule has 7 heteroatoms. The average molecular weight is 369 g/mol. The van der Waals surface area contributed by atoms with Gasteiger partial charge in [0.2, 0.25) is 0 Å². The van der Waals surface area contributed by atoms with Crippen LogP contribution < -0.4 is 11.5 Å². The Morgan fingerprint density at radius 2 is 2.07 bits per heavy atom. The van der Waals surface area contributed by atoms with Gasteiger partial charge in [0.1, 0.15) is 17.4 Å². The van der Waals surface area contributed by atoms with Gasteiger partial charge >= 0.3 is 5.97 Å². The molecule has 0 aliphatic rings. The molecule has 2 aromatic heterocycles. The molecule has 7 nitrogen and oxygen atoms in total. The van der Waals surface area contributed by atoms with Gasteiger partial charge in [0.25, 0.3) is 0 Å². The van der Waals surface area contributed by atoms with Gasteiger partial charge in [-0.15, -0.1) is 0 Å². The SMILES string of the molecule is CCCCc1nc2c(N)c(CCCC[C@H](N)C(=O)O)c3cccnc3c2[nH]1. The topological polar surface area (TPSA) is 131 Å². The number of H-pyrrole nitrogens is 1. The molecule has 1 aromatic carbocycles. The number of nitrogens with zero attached hydrogens (tertiary/aromatic N) is 2. The van der Waals surface area contributed by atoms with Gasteiger partial charge in [-0.25, -0.2) is 4.98 Å². The minimum absolute atomic E-state index is 0.456. The Morgan fingerprint density at radius 3 is 2.81 bits per heavy atom. The van der Waals surface area contributed by atoms with Crippen LogP contribution in [0.3, 0.4) is 0 Å². The number of aliphatic carboxylic acids is 1. The summed E-state index contributed by atoms with van der Waals surface area (Å²) in [5, 5.41) is 9.92. The minimum atomic E-state index is -0.957. The van der Waals surface area contributed by atoms with E-state index in [0.717, 1.165) is 71.8 Å². The first-order chi connectivity index (χ1) is 13.0.